The van der Waals surface area contributed by atoms with E-state index in [0.717, 1.165) is 18.4 Å². The molecule has 130 valence electrons. The van der Waals surface area contributed by atoms with Gasteiger partial charge in [0.05, 0.1) is 11.5 Å². The summed E-state index contributed by atoms with van der Waals surface area (Å²) in [6.07, 6.45) is 4.99. The third kappa shape index (κ3) is 5.77. The molecule has 2 rings (SSSR count). The molecule has 0 aliphatic carbocycles. The highest BCUT2D eigenvalue weighted by atomic mass is 32.2. The van der Waals surface area contributed by atoms with E-state index < -0.39 is 10.1 Å². The van der Waals surface area contributed by atoms with Crippen molar-refractivity contribution in [3.8, 4) is 0 Å². The summed E-state index contributed by atoms with van der Waals surface area (Å²) in [7, 11) is -3.65. The Kier molecular flexibility index (Phi) is 7.00. The second kappa shape index (κ2) is 9.00. The molecule has 0 aliphatic rings. The highest BCUT2D eigenvalue weighted by molar-refractivity contribution is 7.86. The molecule has 2 aromatic carbocycles. The topological polar surface area (TPSA) is 43.4 Å². The van der Waals surface area contributed by atoms with Gasteiger partial charge in [0.1, 0.15) is 0 Å². The average Bonchev–Trinajstić information content (AvgIpc) is 2.58. The summed E-state index contributed by atoms with van der Waals surface area (Å²) in [5.41, 5.74) is 3.61. The summed E-state index contributed by atoms with van der Waals surface area (Å²) in [6.45, 7) is 4.32. The highest BCUT2D eigenvalue weighted by Crippen LogP contribution is 2.15. The van der Waals surface area contributed by atoms with Gasteiger partial charge in [-0.2, -0.15) is 8.42 Å². The second-order valence-electron chi connectivity index (χ2n) is 6.12. The Morgan fingerprint density at radius 1 is 0.917 bits per heavy atom. The fourth-order valence-corrected chi connectivity index (χ4v) is 3.48. The molecule has 24 heavy (non-hydrogen) atoms. The van der Waals surface area contributed by atoms with Gasteiger partial charge in [-0.15, -0.1) is 0 Å². The largest absolute Gasteiger partial charge is 0.296 e. The van der Waals surface area contributed by atoms with Crippen molar-refractivity contribution in [3.05, 3.63) is 65.2 Å². The van der Waals surface area contributed by atoms with Crippen LogP contribution in [-0.4, -0.2) is 15.0 Å². The Morgan fingerprint density at radius 2 is 1.54 bits per heavy atom. The molecule has 0 saturated carbocycles. The first-order valence-corrected chi connectivity index (χ1v) is 9.96. The van der Waals surface area contributed by atoms with Crippen molar-refractivity contribution < 1.29 is 12.6 Å². The van der Waals surface area contributed by atoms with Crippen molar-refractivity contribution in [1.29, 1.82) is 0 Å². The monoisotopic (exact) mass is 346 g/mol. The van der Waals surface area contributed by atoms with Crippen molar-refractivity contribution in [1.82, 2.24) is 0 Å². The molecule has 0 spiro atoms. The van der Waals surface area contributed by atoms with Crippen LogP contribution in [0.5, 0.6) is 0 Å². The first-order valence-electron chi connectivity index (χ1n) is 8.55. The molecule has 0 saturated heterocycles. The first-order chi connectivity index (χ1) is 11.5. The van der Waals surface area contributed by atoms with E-state index in [1.165, 1.54) is 24.0 Å². The van der Waals surface area contributed by atoms with Gasteiger partial charge < -0.3 is 0 Å². The first kappa shape index (κ1) is 18.7. The van der Waals surface area contributed by atoms with E-state index in [9.17, 15) is 8.42 Å². The van der Waals surface area contributed by atoms with Gasteiger partial charge in [0.25, 0.3) is 10.1 Å². The van der Waals surface area contributed by atoms with Crippen LogP contribution in [0, 0.1) is 6.92 Å². The van der Waals surface area contributed by atoms with Crippen LogP contribution in [0.1, 0.15) is 42.9 Å². The van der Waals surface area contributed by atoms with Crippen molar-refractivity contribution >= 4 is 10.1 Å². The van der Waals surface area contributed by atoms with Crippen LogP contribution in [0.2, 0.25) is 0 Å². The summed E-state index contributed by atoms with van der Waals surface area (Å²) < 4.78 is 29.4. The van der Waals surface area contributed by atoms with Crippen molar-refractivity contribution in [2.24, 2.45) is 0 Å². The smallest absolute Gasteiger partial charge is 0.266 e. The molecule has 0 bridgehead atoms. The van der Waals surface area contributed by atoms with Crippen LogP contribution in [0.15, 0.2) is 53.4 Å². The highest BCUT2D eigenvalue weighted by Gasteiger charge is 2.14. The lowest BCUT2D eigenvalue weighted by Crippen LogP contribution is -2.08. The Balaban J connectivity index is 1.83. The number of hydrogen-bond acceptors (Lipinski definition) is 3. The maximum Gasteiger partial charge on any atom is 0.296 e. The zero-order valence-electron chi connectivity index (χ0n) is 14.5. The lowest BCUT2D eigenvalue weighted by Gasteiger charge is -2.07. The zero-order valence-corrected chi connectivity index (χ0v) is 15.3. The summed E-state index contributed by atoms with van der Waals surface area (Å²) in [4.78, 5) is 0.217. The van der Waals surface area contributed by atoms with Gasteiger partial charge in [0.15, 0.2) is 0 Å². The van der Waals surface area contributed by atoms with Crippen LogP contribution in [0.3, 0.4) is 0 Å². The molecule has 3 nitrogen and oxygen atoms in total. The minimum Gasteiger partial charge on any atom is -0.266 e. The van der Waals surface area contributed by atoms with Gasteiger partial charge in [-0.25, -0.2) is 0 Å². The molecule has 0 aliphatic heterocycles. The van der Waals surface area contributed by atoms with Crippen molar-refractivity contribution in [2.45, 2.75) is 50.8 Å². The maximum absolute atomic E-state index is 12.1. The zero-order chi connectivity index (χ0) is 17.4. The Morgan fingerprint density at radius 3 is 2.17 bits per heavy atom. The summed E-state index contributed by atoms with van der Waals surface area (Å²) in [6, 6.07) is 15.2. The van der Waals surface area contributed by atoms with E-state index in [1.807, 2.05) is 6.92 Å². The van der Waals surface area contributed by atoms with Gasteiger partial charge >= 0.3 is 0 Å². The van der Waals surface area contributed by atoms with E-state index in [-0.39, 0.29) is 11.5 Å². The lowest BCUT2D eigenvalue weighted by molar-refractivity contribution is 0.312. The molecule has 0 atom stereocenters. The predicted octanol–water partition coefficient (Wildman–Crippen LogP) is 4.68. The average molecular weight is 346 g/mol. The van der Waals surface area contributed by atoms with Crippen LogP contribution in [-0.2, 0) is 27.1 Å². The second-order valence-corrected chi connectivity index (χ2v) is 7.73. The fourth-order valence-electron chi connectivity index (χ4n) is 2.54. The standard InChI is InChI=1S/C20H26O3S/c1-3-4-7-18-8-5-9-19(16-18)10-6-15-23-24(21,22)20-13-11-17(2)12-14-20/h5,8-9,11-14,16H,3-4,6-7,10,15H2,1-2H3. The van der Waals surface area contributed by atoms with Crippen LogP contribution < -0.4 is 0 Å². The molecule has 0 aromatic heterocycles. The van der Waals surface area contributed by atoms with Crippen molar-refractivity contribution in [3.63, 3.8) is 0 Å². The summed E-state index contributed by atoms with van der Waals surface area (Å²) >= 11 is 0. The Labute approximate surface area is 145 Å². The molecule has 0 radical (unpaired) electrons. The van der Waals surface area contributed by atoms with E-state index >= 15 is 0 Å². The Hall–Kier alpha value is -1.65. The molecule has 0 N–H and O–H groups in total. The number of aryl methyl sites for hydroxylation is 3. The van der Waals surface area contributed by atoms with Gasteiger partial charge in [-0.1, -0.05) is 55.3 Å². The van der Waals surface area contributed by atoms with Gasteiger partial charge in [-0.3, -0.25) is 4.18 Å². The van der Waals surface area contributed by atoms with E-state index in [1.54, 1.807) is 24.3 Å². The van der Waals surface area contributed by atoms with Gasteiger partial charge in [0.2, 0.25) is 0 Å². The van der Waals surface area contributed by atoms with E-state index in [4.69, 9.17) is 4.18 Å². The molecule has 2 aromatic rings. The van der Waals surface area contributed by atoms with Gasteiger partial charge in [0, 0.05) is 0 Å². The van der Waals surface area contributed by atoms with Gasteiger partial charge in [-0.05, 0) is 55.9 Å². The SMILES string of the molecule is CCCCc1cccc(CCCOS(=O)(=O)c2ccc(C)cc2)c1. The molecule has 0 heterocycles. The van der Waals surface area contributed by atoms with E-state index in [2.05, 4.69) is 31.2 Å². The predicted molar refractivity (Wildman–Crippen MR) is 97.7 cm³/mol. The van der Waals surface area contributed by atoms with Crippen LogP contribution >= 0.6 is 0 Å². The minimum atomic E-state index is -3.65. The molecule has 0 fully saturated rings. The molecule has 0 unspecified atom stereocenters. The third-order valence-corrected chi connectivity index (χ3v) is 5.29. The van der Waals surface area contributed by atoms with Crippen LogP contribution in [0.4, 0.5) is 0 Å². The van der Waals surface area contributed by atoms with E-state index in [0.29, 0.717) is 6.42 Å². The minimum absolute atomic E-state index is 0.204. The Bertz CT molecular complexity index is 734. The van der Waals surface area contributed by atoms with Crippen LogP contribution in [0.25, 0.3) is 0 Å². The number of benzene rings is 2. The molecular weight excluding hydrogens is 320 g/mol. The third-order valence-electron chi connectivity index (χ3n) is 3.97. The lowest BCUT2D eigenvalue weighted by atomic mass is 10.0. The normalized spacial score (nSPS) is 11.6. The number of hydrogen-bond donors (Lipinski definition) is 0. The summed E-state index contributed by atoms with van der Waals surface area (Å²) in [5, 5.41) is 0. The van der Waals surface area contributed by atoms with Crippen molar-refractivity contribution in [2.75, 3.05) is 6.61 Å². The number of rotatable bonds is 9. The summed E-state index contributed by atoms with van der Waals surface area (Å²) in [5.74, 6) is 0. The molecule has 0 amide bonds. The number of unbranched alkanes of at least 4 members (excludes halogenated alkanes) is 1. The molecular formula is C20H26O3S. The fraction of sp³-hybridized carbons (Fsp3) is 0.400. The maximum atomic E-state index is 12.1. The quantitative estimate of drug-likeness (QED) is 0.489. The molecule has 4 heteroatoms.